The summed E-state index contributed by atoms with van der Waals surface area (Å²) < 4.78 is 13.7. The zero-order valence-electron chi connectivity index (χ0n) is 29.2. The van der Waals surface area contributed by atoms with E-state index in [0.29, 0.717) is 35.4 Å². The summed E-state index contributed by atoms with van der Waals surface area (Å²) in [4.78, 5) is 33.1. The first-order chi connectivity index (χ1) is 27.2. The summed E-state index contributed by atoms with van der Waals surface area (Å²) in [6.45, 7) is 0.581. The molecule has 0 saturated carbocycles. The number of anilines is 2. The van der Waals surface area contributed by atoms with Gasteiger partial charge in [-0.15, -0.1) is 0 Å². The van der Waals surface area contributed by atoms with Crippen molar-refractivity contribution >= 4 is 55.6 Å². The summed E-state index contributed by atoms with van der Waals surface area (Å²) in [5, 5.41) is 12.0. The lowest BCUT2D eigenvalue weighted by Crippen LogP contribution is -2.66. The van der Waals surface area contributed by atoms with Crippen LogP contribution >= 0.6 is 0 Å². The van der Waals surface area contributed by atoms with Gasteiger partial charge < -0.3 is 23.7 Å². The van der Waals surface area contributed by atoms with Gasteiger partial charge in [0.25, 0.3) is 0 Å². The summed E-state index contributed by atoms with van der Waals surface area (Å²) in [6, 6.07) is 42.7. The molecule has 266 valence electrons. The fourth-order valence-corrected chi connectivity index (χ4v) is 9.09. The van der Waals surface area contributed by atoms with Crippen LogP contribution < -0.4 is 9.96 Å². The predicted octanol–water partition coefficient (Wildman–Crippen LogP) is 8.44. The normalized spacial score (nSPS) is 21.1. The molecule has 0 aliphatic carbocycles. The Morgan fingerprint density at radius 1 is 0.727 bits per heavy atom. The molecule has 10 aromatic rings. The molecule has 1 fully saturated rings. The van der Waals surface area contributed by atoms with Crippen molar-refractivity contribution in [1.82, 2.24) is 35.1 Å². The third-order valence-corrected chi connectivity index (χ3v) is 11.4. The van der Waals surface area contributed by atoms with Crippen molar-refractivity contribution in [2.75, 3.05) is 16.5 Å². The number of nitrogens with zero attached hydrogens (tertiary/aromatic N) is 6. The van der Waals surface area contributed by atoms with Crippen LogP contribution in [-0.2, 0) is 22.3 Å². The number of hydrogen-bond acceptors (Lipinski definition) is 9. The average molecular weight is 722 g/mol. The van der Waals surface area contributed by atoms with E-state index in [4.69, 9.17) is 33.7 Å². The number of hydroxylamine groups is 1. The molecule has 1 saturated heterocycles. The maximum absolute atomic E-state index is 7.62. The third-order valence-electron chi connectivity index (χ3n) is 11.4. The molecule has 12 heteroatoms. The van der Waals surface area contributed by atoms with E-state index in [2.05, 4.69) is 68.5 Å². The van der Waals surface area contributed by atoms with Crippen LogP contribution in [0.3, 0.4) is 0 Å². The average Bonchev–Trinajstić information content (AvgIpc) is 4.08. The minimum atomic E-state index is -1.52. The number of aromatic amines is 3. The van der Waals surface area contributed by atoms with Gasteiger partial charge in [-0.3, -0.25) is 9.94 Å². The highest BCUT2D eigenvalue weighted by molar-refractivity contribution is 5.85. The Morgan fingerprint density at radius 3 is 2.36 bits per heavy atom. The van der Waals surface area contributed by atoms with Crippen molar-refractivity contribution < 1.29 is 13.7 Å². The van der Waals surface area contributed by atoms with Crippen LogP contribution in [0.25, 0.3) is 43.9 Å². The first-order valence-corrected chi connectivity index (χ1v) is 18.3. The molecular formula is C43H31N9O3. The lowest BCUT2D eigenvalue weighted by atomic mass is 9.66. The molecule has 3 N–H and O–H groups in total. The van der Waals surface area contributed by atoms with Crippen LogP contribution in [0.15, 0.2) is 149 Å². The zero-order valence-corrected chi connectivity index (χ0v) is 29.2. The maximum Gasteiger partial charge on any atom is 0.246 e. The van der Waals surface area contributed by atoms with Crippen molar-refractivity contribution in [2.45, 2.75) is 23.6 Å². The summed E-state index contributed by atoms with van der Waals surface area (Å²) >= 11 is 0. The van der Waals surface area contributed by atoms with E-state index in [9.17, 15) is 0 Å². The Kier molecular flexibility index (Phi) is 6.15. The molecule has 2 aliphatic heterocycles. The fraction of sp³-hybridized carbons (Fsp3) is 0.116. The van der Waals surface area contributed by atoms with E-state index in [0.717, 1.165) is 56.3 Å². The van der Waals surface area contributed by atoms with Crippen LogP contribution in [0.2, 0.25) is 0 Å². The van der Waals surface area contributed by atoms with Gasteiger partial charge in [0.15, 0.2) is 17.1 Å². The molecule has 2 aliphatic rings. The number of rotatable bonds is 6. The largest absolute Gasteiger partial charge is 0.448 e. The number of imidazole rings is 1. The minimum absolute atomic E-state index is 0.369. The highest BCUT2D eigenvalue weighted by atomic mass is 16.7. The van der Waals surface area contributed by atoms with E-state index in [1.54, 1.807) is 12.5 Å². The molecular weight excluding hydrogens is 691 g/mol. The molecule has 0 spiro atoms. The monoisotopic (exact) mass is 721 g/mol. The van der Waals surface area contributed by atoms with Gasteiger partial charge in [-0.05, 0) is 65.9 Å². The molecule has 3 atom stereocenters. The maximum atomic E-state index is 7.62. The second kappa shape index (κ2) is 11.2. The van der Waals surface area contributed by atoms with E-state index in [-0.39, 0.29) is 0 Å². The van der Waals surface area contributed by atoms with E-state index >= 15 is 0 Å². The van der Waals surface area contributed by atoms with Gasteiger partial charge in [-0.2, -0.15) is 10.2 Å². The first kappa shape index (κ1) is 30.3. The first-order valence-electron chi connectivity index (χ1n) is 18.3. The van der Waals surface area contributed by atoms with Crippen LogP contribution in [-0.4, -0.2) is 41.7 Å². The highest BCUT2D eigenvalue weighted by Gasteiger charge is 2.78. The number of nitrogens with one attached hydrogen (secondary N) is 3. The number of aromatic nitrogens is 7. The number of para-hydroxylation sites is 7. The molecule has 55 heavy (non-hydrogen) atoms. The summed E-state index contributed by atoms with van der Waals surface area (Å²) in [7, 11) is 0. The van der Waals surface area contributed by atoms with Gasteiger partial charge >= 0.3 is 0 Å². The molecule has 7 heterocycles. The molecule has 3 unspecified atom stereocenters. The zero-order chi connectivity index (χ0) is 36.1. The third kappa shape index (κ3) is 3.98. The van der Waals surface area contributed by atoms with Gasteiger partial charge in [0.2, 0.25) is 23.4 Å². The van der Waals surface area contributed by atoms with Gasteiger partial charge in [0.05, 0.1) is 28.4 Å². The Balaban J connectivity index is 1.31. The fourth-order valence-electron chi connectivity index (χ4n) is 9.09. The number of fused-ring (bicyclic) bond motifs is 5. The smallest absolute Gasteiger partial charge is 0.246 e. The molecule has 12 nitrogen and oxygen atoms in total. The Labute approximate surface area is 312 Å². The van der Waals surface area contributed by atoms with Crippen LogP contribution in [0.4, 0.5) is 11.6 Å². The lowest BCUT2D eigenvalue weighted by molar-refractivity contribution is 0.0550. The van der Waals surface area contributed by atoms with Crippen molar-refractivity contribution in [2.24, 2.45) is 0 Å². The van der Waals surface area contributed by atoms with Crippen LogP contribution in [0, 0.1) is 0 Å². The second-order valence-corrected chi connectivity index (χ2v) is 14.1. The number of oxazole rings is 2. The van der Waals surface area contributed by atoms with Crippen LogP contribution in [0.1, 0.15) is 34.8 Å². The minimum Gasteiger partial charge on any atom is -0.448 e. The standard InChI is InChI=1S/C43H31N9O3/c1-4-14-29-27(12-1)25-36(45-29)42(39-44-22-24-53-39)38(37-28-13-3-5-15-30(28)49-50-37)55-52(41-47-31-16-6-7-17-32(31)48-41)43(42,40-46-33-18-8-10-20-35(33)54-40)51-23-21-26-11-2-9-19-34(26)51/h1-20,22,24-25,38,45H,21,23H2,(H,47,48)(H,49,50). The number of hydrogen-bond donors (Lipinski definition) is 3. The topological polar surface area (TPSA) is 141 Å². The summed E-state index contributed by atoms with van der Waals surface area (Å²) in [5.41, 5.74) is 5.40. The molecule has 0 amide bonds. The number of H-pyrrole nitrogens is 3. The number of benzene rings is 5. The summed E-state index contributed by atoms with van der Waals surface area (Å²) in [6.07, 6.45) is 3.17. The van der Waals surface area contributed by atoms with Gasteiger partial charge in [0, 0.05) is 28.8 Å². The quantitative estimate of drug-likeness (QED) is 0.154. The molecule has 5 aromatic carbocycles. The van der Waals surface area contributed by atoms with Gasteiger partial charge in [-0.1, -0.05) is 78.9 Å². The van der Waals surface area contributed by atoms with Crippen molar-refractivity contribution in [3.63, 3.8) is 0 Å². The van der Waals surface area contributed by atoms with E-state index < -0.39 is 17.2 Å². The molecule has 12 rings (SSSR count). The Morgan fingerprint density at radius 2 is 1.51 bits per heavy atom. The van der Waals surface area contributed by atoms with Crippen molar-refractivity contribution in [3.8, 4) is 0 Å². The summed E-state index contributed by atoms with van der Waals surface area (Å²) in [5.74, 6) is 1.20. The van der Waals surface area contributed by atoms with Crippen LogP contribution in [0.5, 0.6) is 0 Å². The van der Waals surface area contributed by atoms with Crippen molar-refractivity contribution in [1.29, 1.82) is 0 Å². The van der Waals surface area contributed by atoms with E-state index in [1.807, 2.05) is 83.9 Å². The van der Waals surface area contributed by atoms with Gasteiger partial charge in [-0.25, -0.2) is 15.0 Å². The van der Waals surface area contributed by atoms with E-state index in [1.165, 1.54) is 5.56 Å². The Bertz CT molecular complexity index is 2950. The SMILES string of the molecule is c1ccc2c(c1)CCN2C1(c2nc3ccccc3o2)N(c2nc3ccccc3[nH]2)OC(c2[nH]nc3ccccc23)C1(c1cc2ccccc2[nH]1)c1ncco1. The molecule has 5 aromatic heterocycles. The molecule has 0 bridgehead atoms. The lowest BCUT2D eigenvalue weighted by Gasteiger charge is -2.49. The highest BCUT2D eigenvalue weighted by Crippen LogP contribution is 2.66. The Hall–Kier alpha value is -7.18. The second-order valence-electron chi connectivity index (χ2n) is 14.1. The predicted molar refractivity (Wildman–Crippen MR) is 207 cm³/mol. The molecule has 0 radical (unpaired) electrons. The van der Waals surface area contributed by atoms with Gasteiger partial charge in [0.1, 0.15) is 11.8 Å². The van der Waals surface area contributed by atoms with Crippen molar-refractivity contribution in [3.05, 3.63) is 169 Å².